The van der Waals surface area contributed by atoms with Gasteiger partial charge in [0.25, 0.3) is 5.56 Å². The molecule has 68 valence electrons. The predicted octanol–water partition coefficient (Wildman–Crippen LogP) is 0.761. The molecule has 0 atom stereocenters. The fraction of sp³-hybridized carbons (Fsp3) is 0.250. The minimum absolute atomic E-state index is 0.0875. The summed E-state index contributed by atoms with van der Waals surface area (Å²) in [5.74, 6) is 1.20. The van der Waals surface area contributed by atoms with Crippen molar-refractivity contribution in [2.45, 2.75) is 12.7 Å². The zero-order valence-corrected chi connectivity index (χ0v) is 8.01. The van der Waals surface area contributed by atoms with E-state index in [4.69, 9.17) is 0 Å². The maximum atomic E-state index is 11.4. The van der Waals surface area contributed by atoms with Crippen molar-refractivity contribution < 1.29 is 0 Å². The van der Waals surface area contributed by atoms with E-state index >= 15 is 0 Å². The molecule has 1 N–H and O–H groups in total. The zero-order valence-electron chi connectivity index (χ0n) is 7.11. The molecule has 0 aromatic carbocycles. The molecular formula is C8H9N3OS. The molecule has 13 heavy (non-hydrogen) atoms. The lowest BCUT2D eigenvalue weighted by molar-refractivity contribution is 0.889. The lowest BCUT2D eigenvalue weighted by Crippen LogP contribution is -2.12. The van der Waals surface area contributed by atoms with Crippen molar-refractivity contribution in [1.82, 2.24) is 14.6 Å². The minimum atomic E-state index is -0.0875. The van der Waals surface area contributed by atoms with E-state index in [1.54, 1.807) is 6.07 Å². The third kappa shape index (κ3) is 1.35. The molecule has 0 radical (unpaired) electrons. The Kier molecular flexibility index (Phi) is 1.88. The molecule has 0 amide bonds. The number of hydrogen-bond acceptors (Lipinski definition) is 3. The average Bonchev–Trinajstić information content (AvgIpc) is 2.47. The van der Waals surface area contributed by atoms with Crippen LogP contribution in [0, 0.1) is 6.92 Å². The third-order valence-electron chi connectivity index (χ3n) is 1.80. The molecule has 2 aromatic heterocycles. The van der Waals surface area contributed by atoms with Crippen LogP contribution in [0.2, 0.25) is 0 Å². The van der Waals surface area contributed by atoms with Gasteiger partial charge in [-0.1, -0.05) is 0 Å². The number of nitrogens with one attached hydrogen (secondary N) is 1. The van der Waals surface area contributed by atoms with Crippen molar-refractivity contribution in [3.63, 3.8) is 0 Å². The van der Waals surface area contributed by atoms with E-state index < -0.39 is 0 Å². The monoisotopic (exact) mass is 195 g/mol. The second-order valence-electron chi connectivity index (χ2n) is 2.89. The highest BCUT2D eigenvalue weighted by molar-refractivity contribution is 7.79. The fourth-order valence-electron chi connectivity index (χ4n) is 1.24. The van der Waals surface area contributed by atoms with Crippen LogP contribution < -0.4 is 5.56 Å². The van der Waals surface area contributed by atoms with Gasteiger partial charge < -0.3 is 0 Å². The Morgan fingerprint density at radius 2 is 2.38 bits per heavy atom. The highest BCUT2D eigenvalue weighted by atomic mass is 32.1. The van der Waals surface area contributed by atoms with E-state index in [-0.39, 0.29) is 5.56 Å². The Bertz CT molecular complexity index is 500. The lowest BCUT2D eigenvalue weighted by Gasteiger charge is -1.91. The number of pyridine rings is 1. The Hall–Kier alpha value is -1.23. The highest BCUT2D eigenvalue weighted by Gasteiger charge is 2.02. The van der Waals surface area contributed by atoms with Crippen LogP contribution in [-0.4, -0.2) is 14.6 Å². The Balaban J connectivity index is 2.83. The number of H-pyrrole nitrogens is 1. The third-order valence-corrected chi connectivity index (χ3v) is 2.10. The summed E-state index contributed by atoms with van der Waals surface area (Å²) >= 11 is 4.07. The van der Waals surface area contributed by atoms with Gasteiger partial charge in [0, 0.05) is 6.07 Å². The van der Waals surface area contributed by atoms with Gasteiger partial charge in [-0.25, -0.2) is 9.50 Å². The van der Waals surface area contributed by atoms with Crippen LogP contribution in [0.1, 0.15) is 11.4 Å². The van der Waals surface area contributed by atoms with E-state index in [2.05, 4.69) is 22.7 Å². The number of rotatable bonds is 1. The van der Waals surface area contributed by atoms with Crippen LogP contribution in [0.4, 0.5) is 0 Å². The minimum Gasteiger partial charge on any atom is -0.276 e. The zero-order chi connectivity index (χ0) is 9.42. The van der Waals surface area contributed by atoms with Crippen molar-refractivity contribution in [2.24, 2.45) is 0 Å². The summed E-state index contributed by atoms with van der Waals surface area (Å²) in [6.07, 6.45) is 0. The van der Waals surface area contributed by atoms with Gasteiger partial charge in [-0.3, -0.25) is 9.89 Å². The number of aromatic amines is 1. The van der Waals surface area contributed by atoms with Crippen LogP contribution in [0.5, 0.6) is 0 Å². The molecule has 0 bridgehead atoms. The quantitative estimate of drug-likeness (QED) is 0.660. The van der Waals surface area contributed by atoms with Gasteiger partial charge >= 0.3 is 0 Å². The summed E-state index contributed by atoms with van der Waals surface area (Å²) in [6.45, 7) is 1.87. The molecule has 0 unspecified atom stereocenters. The number of nitrogens with zero attached hydrogens (tertiary/aromatic N) is 2. The average molecular weight is 195 g/mol. The molecule has 0 saturated heterocycles. The maximum absolute atomic E-state index is 11.4. The first kappa shape index (κ1) is 8.37. The molecule has 2 rings (SSSR count). The van der Waals surface area contributed by atoms with Gasteiger partial charge in [-0.05, 0) is 18.6 Å². The van der Waals surface area contributed by atoms with Crippen LogP contribution in [0.3, 0.4) is 0 Å². The van der Waals surface area contributed by atoms with Crippen molar-refractivity contribution >= 4 is 18.3 Å². The van der Waals surface area contributed by atoms with Gasteiger partial charge in [0.05, 0.1) is 5.75 Å². The Labute approximate surface area is 80.0 Å². The maximum Gasteiger partial charge on any atom is 0.271 e. The van der Waals surface area contributed by atoms with E-state index in [1.807, 2.05) is 13.0 Å². The van der Waals surface area contributed by atoms with Crippen molar-refractivity contribution in [1.29, 1.82) is 0 Å². The summed E-state index contributed by atoms with van der Waals surface area (Å²) in [6, 6.07) is 3.41. The summed E-state index contributed by atoms with van der Waals surface area (Å²) in [4.78, 5) is 15.6. The first-order valence-corrected chi connectivity index (χ1v) is 4.53. The highest BCUT2D eigenvalue weighted by Crippen LogP contribution is 2.02. The Morgan fingerprint density at radius 3 is 3.08 bits per heavy atom. The topological polar surface area (TPSA) is 50.2 Å². The molecule has 0 fully saturated rings. The number of fused-ring (bicyclic) bond motifs is 1. The van der Waals surface area contributed by atoms with Crippen LogP contribution in [-0.2, 0) is 5.75 Å². The molecule has 0 aliphatic heterocycles. The molecule has 0 aliphatic carbocycles. The fourth-order valence-corrected chi connectivity index (χ4v) is 1.38. The van der Waals surface area contributed by atoms with E-state index in [0.29, 0.717) is 17.2 Å². The summed E-state index contributed by atoms with van der Waals surface area (Å²) in [7, 11) is 0. The summed E-state index contributed by atoms with van der Waals surface area (Å²) in [5.41, 5.74) is 1.48. The number of aromatic nitrogens is 3. The second-order valence-corrected chi connectivity index (χ2v) is 3.21. The van der Waals surface area contributed by atoms with Gasteiger partial charge in [-0.2, -0.15) is 12.6 Å². The second kappa shape index (κ2) is 2.92. The van der Waals surface area contributed by atoms with Crippen molar-refractivity contribution in [3.05, 3.63) is 33.9 Å². The van der Waals surface area contributed by atoms with E-state index in [1.165, 1.54) is 4.52 Å². The van der Waals surface area contributed by atoms with Gasteiger partial charge in [0.15, 0.2) is 5.65 Å². The lowest BCUT2D eigenvalue weighted by atomic mass is 10.3. The van der Waals surface area contributed by atoms with Crippen molar-refractivity contribution in [2.75, 3.05) is 0 Å². The molecule has 0 saturated carbocycles. The molecule has 2 aromatic rings. The van der Waals surface area contributed by atoms with Crippen LogP contribution >= 0.6 is 12.6 Å². The first-order valence-electron chi connectivity index (χ1n) is 3.90. The number of thiol groups is 1. The molecular weight excluding hydrogens is 186 g/mol. The van der Waals surface area contributed by atoms with E-state index in [0.717, 1.165) is 5.56 Å². The largest absolute Gasteiger partial charge is 0.276 e. The molecule has 0 spiro atoms. The SMILES string of the molecule is Cc1cc(=O)n2[nH]c(CS)nc2c1. The smallest absolute Gasteiger partial charge is 0.271 e. The van der Waals surface area contributed by atoms with E-state index in [9.17, 15) is 4.79 Å². The predicted molar refractivity (Wildman–Crippen MR) is 53.2 cm³/mol. The first-order chi connectivity index (χ1) is 6.20. The number of hydrogen-bond donors (Lipinski definition) is 2. The summed E-state index contributed by atoms with van der Waals surface area (Å²) in [5, 5.41) is 2.86. The number of aryl methyl sites for hydroxylation is 1. The Morgan fingerprint density at radius 1 is 1.62 bits per heavy atom. The van der Waals surface area contributed by atoms with Gasteiger partial charge in [-0.15, -0.1) is 0 Å². The van der Waals surface area contributed by atoms with Gasteiger partial charge in [0.1, 0.15) is 5.82 Å². The van der Waals surface area contributed by atoms with Crippen molar-refractivity contribution in [3.8, 4) is 0 Å². The molecule has 2 heterocycles. The molecule has 5 heteroatoms. The standard InChI is InChI=1S/C8H9N3OS/c1-5-2-7-9-6(4-13)10-11(7)8(12)3-5/h2-3,13H,4H2,1H3,(H,9,10). The van der Waals surface area contributed by atoms with Crippen LogP contribution in [0.25, 0.3) is 5.65 Å². The molecule has 0 aliphatic rings. The van der Waals surface area contributed by atoms with Gasteiger partial charge in [0.2, 0.25) is 0 Å². The van der Waals surface area contributed by atoms with Crippen LogP contribution in [0.15, 0.2) is 16.9 Å². The molecule has 4 nitrogen and oxygen atoms in total. The normalized spacial score (nSPS) is 10.9. The summed E-state index contributed by atoms with van der Waals surface area (Å²) < 4.78 is 1.42.